The molecule has 162 valence electrons. The topological polar surface area (TPSA) is 90.9 Å². The van der Waals surface area contributed by atoms with Crippen LogP contribution in [0.3, 0.4) is 0 Å². The molecule has 30 heavy (non-hydrogen) atoms. The number of anilines is 1. The fraction of sp³-hybridized carbons (Fsp3) is 0.381. The number of carbonyl (C=O) groups excluding carboxylic acids is 3. The van der Waals surface area contributed by atoms with Gasteiger partial charge >= 0.3 is 11.9 Å². The zero-order chi connectivity index (χ0) is 22.4. The first-order chi connectivity index (χ1) is 14.1. The van der Waals surface area contributed by atoms with Crippen LogP contribution in [0.15, 0.2) is 18.2 Å². The summed E-state index contributed by atoms with van der Waals surface area (Å²) in [5.74, 6) is -1.19. The number of halogens is 1. The lowest BCUT2D eigenvalue weighted by atomic mass is 10.1. The number of hydrogen-bond donors (Lipinski definition) is 1. The Balaban J connectivity index is 2.21. The summed E-state index contributed by atoms with van der Waals surface area (Å²) in [4.78, 5) is 37.4. The second-order valence-electron chi connectivity index (χ2n) is 6.68. The number of thiophene rings is 1. The number of aryl methyl sites for hydroxylation is 1. The van der Waals surface area contributed by atoms with Crippen molar-refractivity contribution in [3.05, 3.63) is 44.8 Å². The molecule has 2 rings (SSSR count). The first-order valence-corrected chi connectivity index (χ1v) is 10.5. The summed E-state index contributed by atoms with van der Waals surface area (Å²) >= 11 is 6.95. The van der Waals surface area contributed by atoms with Crippen molar-refractivity contribution in [2.75, 3.05) is 18.5 Å². The molecule has 0 aliphatic rings. The van der Waals surface area contributed by atoms with Crippen LogP contribution in [0.25, 0.3) is 0 Å². The van der Waals surface area contributed by atoms with Crippen LogP contribution in [0.2, 0.25) is 5.02 Å². The van der Waals surface area contributed by atoms with Gasteiger partial charge in [0, 0.05) is 5.02 Å². The molecule has 0 atom stereocenters. The average Bonchev–Trinajstić information content (AvgIpc) is 2.98. The van der Waals surface area contributed by atoms with Gasteiger partial charge in [0.1, 0.15) is 15.6 Å². The highest BCUT2D eigenvalue weighted by molar-refractivity contribution is 7.18. The first-order valence-electron chi connectivity index (χ1n) is 9.34. The minimum atomic E-state index is -0.626. The SMILES string of the molecule is CCOC(=O)c1c(NC(=O)COc2ccc(Cl)c(C)c2)sc(C(=O)OC(C)C)c1C. The Morgan fingerprint density at radius 1 is 1.17 bits per heavy atom. The Hall–Kier alpha value is -2.58. The molecular formula is C21H24ClNO6S. The number of ether oxygens (including phenoxy) is 3. The quantitative estimate of drug-likeness (QED) is 0.578. The van der Waals surface area contributed by atoms with E-state index in [0.717, 1.165) is 16.9 Å². The number of benzene rings is 1. The Labute approximate surface area is 184 Å². The summed E-state index contributed by atoms with van der Waals surface area (Å²) in [5, 5.41) is 3.44. The van der Waals surface area contributed by atoms with Gasteiger partial charge in [-0.1, -0.05) is 11.6 Å². The third kappa shape index (κ3) is 5.96. The van der Waals surface area contributed by atoms with E-state index in [1.165, 1.54) is 0 Å². The van der Waals surface area contributed by atoms with E-state index in [2.05, 4.69) is 5.32 Å². The standard InChI is InChI=1S/C21H24ClNO6S/c1-6-27-20(25)17-13(5)18(21(26)29-11(2)3)30-19(17)23-16(24)10-28-14-7-8-15(22)12(4)9-14/h7-9,11H,6,10H2,1-5H3,(H,23,24). The molecular weight excluding hydrogens is 430 g/mol. The van der Waals surface area contributed by atoms with Crippen molar-refractivity contribution in [3.63, 3.8) is 0 Å². The third-order valence-corrected chi connectivity index (χ3v) is 5.52. The highest BCUT2D eigenvalue weighted by Gasteiger charge is 2.27. The second kappa shape index (κ2) is 10.4. The summed E-state index contributed by atoms with van der Waals surface area (Å²) in [6.45, 7) is 8.44. The van der Waals surface area contributed by atoms with Crippen LogP contribution in [0.1, 0.15) is 51.9 Å². The number of hydrogen-bond acceptors (Lipinski definition) is 7. The molecule has 0 saturated carbocycles. The summed E-state index contributed by atoms with van der Waals surface area (Å²) in [6.07, 6.45) is -0.320. The lowest BCUT2D eigenvalue weighted by Crippen LogP contribution is -2.21. The maximum absolute atomic E-state index is 12.4. The van der Waals surface area contributed by atoms with Crippen molar-refractivity contribution in [3.8, 4) is 5.75 Å². The Morgan fingerprint density at radius 3 is 2.47 bits per heavy atom. The minimum absolute atomic E-state index is 0.133. The van der Waals surface area contributed by atoms with Gasteiger partial charge in [-0.15, -0.1) is 11.3 Å². The van der Waals surface area contributed by atoms with Crippen molar-refractivity contribution >= 4 is 45.8 Å². The number of rotatable bonds is 8. The van der Waals surface area contributed by atoms with Crippen LogP contribution in [-0.2, 0) is 14.3 Å². The summed E-state index contributed by atoms with van der Waals surface area (Å²) in [6, 6.07) is 5.05. The number of esters is 2. The average molecular weight is 454 g/mol. The summed E-state index contributed by atoms with van der Waals surface area (Å²) in [5.41, 5.74) is 1.35. The van der Waals surface area contributed by atoms with Crippen LogP contribution >= 0.6 is 22.9 Å². The van der Waals surface area contributed by atoms with E-state index in [1.807, 2.05) is 6.92 Å². The molecule has 9 heteroatoms. The second-order valence-corrected chi connectivity index (χ2v) is 8.11. The number of nitrogens with one attached hydrogen (secondary N) is 1. The van der Waals surface area contributed by atoms with Crippen molar-refractivity contribution < 1.29 is 28.6 Å². The fourth-order valence-electron chi connectivity index (χ4n) is 2.53. The van der Waals surface area contributed by atoms with Crippen molar-refractivity contribution in [2.24, 2.45) is 0 Å². The van der Waals surface area contributed by atoms with E-state index in [-0.39, 0.29) is 34.8 Å². The van der Waals surface area contributed by atoms with Crippen LogP contribution < -0.4 is 10.1 Å². The highest BCUT2D eigenvalue weighted by atomic mass is 35.5. The van der Waals surface area contributed by atoms with E-state index in [0.29, 0.717) is 16.3 Å². The molecule has 0 radical (unpaired) electrons. The van der Waals surface area contributed by atoms with Crippen molar-refractivity contribution in [1.82, 2.24) is 0 Å². The van der Waals surface area contributed by atoms with Crippen LogP contribution in [0.4, 0.5) is 5.00 Å². The Bertz CT molecular complexity index is 953. The van der Waals surface area contributed by atoms with Gasteiger partial charge in [-0.25, -0.2) is 9.59 Å². The molecule has 1 aromatic carbocycles. The maximum Gasteiger partial charge on any atom is 0.348 e. The van der Waals surface area contributed by atoms with Gasteiger partial charge in [-0.3, -0.25) is 4.79 Å². The normalized spacial score (nSPS) is 10.6. The molecule has 0 aliphatic heterocycles. The highest BCUT2D eigenvalue weighted by Crippen LogP contribution is 2.34. The molecule has 0 spiro atoms. The zero-order valence-corrected chi connectivity index (χ0v) is 19.0. The monoisotopic (exact) mass is 453 g/mol. The molecule has 1 N–H and O–H groups in total. The Morgan fingerprint density at radius 2 is 1.87 bits per heavy atom. The van der Waals surface area contributed by atoms with Crippen molar-refractivity contribution in [1.29, 1.82) is 0 Å². The fourth-order valence-corrected chi connectivity index (χ4v) is 3.74. The number of amides is 1. The van der Waals surface area contributed by atoms with Gasteiger partial charge in [0.25, 0.3) is 5.91 Å². The minimum Gasteiger partial charge on any atom is -0.484 e. The molecule has 2 aromatic rings. The molecule has 7 nitrogen and oxygen atoms in total. The van der Waals surface area contributed by atoms with E-state index in [9.17, 15) is 14.4 Å². The lowest BCUT2D eigenvalue weighted by molar-refractivity contribution is -0.118. The van der Waals surface area contributed by atoms with Crippen LogP contribution in [-0.4, -0.2) is 37.2 Å². The van der Waals surface area contributed by atoms with Crippen LogP contribution in [0.5, 0.6) is 5.75 Å². The maximum atomic E-state index is 12.4. The van der Waals surface area contributed by atoms with E-state index in [1.54, 1.807) is 45.9 Å². The Kier molecular flexibility index (Phi) is 8.25. The van der Waals surface area contributed by atoms with Gasteiger partial charge in [-0.2, -0.15) is 0 Å². The molecule has 0 bridgehead atoms. The molecule has 1 heterocycles. The van der Waals surface area contributed by atoms with Crippen molar-refractivity contribution in [2.45, 2.75) is 40.7 Å². The largest absolute Gasteiger partial charge is 0.484 e. The molecule has 0 aliphatic carbocycles. The lowest BCUT2D eigenvalue weighted by Gasteiger charge is -2.09. The van der Waals surface area contributed by atoms with Gasteiger partial charge in [-0.05, 0) is 63.9 Å². The van der Waals surface area contributed by atoms with Gasteiger partial charge in [0.05, 0.1) is 18.3 Å². The first kappa shape index (κ1) is 23.7. The molecule has 0 fully saturated rings. The summed E-state index contributed by atoms with van der Waals surface area (Å²) < 4.78 is 15.8. The molecule has 0 saturated heterocycles. The number of carbonyl (C=O) groups is 3. The molecule has 0 unspecified atom stereocenters. The van der Waals surface area contributed by atoms with Gasteiger partial charge in [0.15, 0.2) is 6.61 Å². The smallest absolute Gasteiger partial charge is 0.348 e. The van der Waals surface area contributed by atoms with E-state index >= 15 is 0 Å². The molecule has 1 amide bonds. The zero-order valence-electron chi connectivity index (χ0n) is 17.5. The third-order valence-electron chi connectivity index (χ3n) is 3.91. The van der Waals surface area contributed by atoms with Crippen LogP contribution in [0, 0.1) is 13.8 Å². The van der Waals surface area contributed by atoms with Gasteiger partial charge in [0.2, 0.25) is 0 Å². The van der Waals surface area contributed by atoms with E-state index < -0.39 is 17.8 Å². The molecule has 1 aromatic heterocycles. The van der Waals surface area contributed by atoms with E-state index in [4.69, 9.17) is 25.8 Å². The predicted octanol–water partition coefficient (Wildman–Crippen LogP) is 4.78. The summed E-state index contributed by atoms with van der Waals surface area (Å²) in [7, 11) is 0. The van der Waals surface area contributed by atoms with Gasteiger partial charge < -0.3 is 19.5 Å². The predicted molar refractivity (Wildman–Crippen MR) is 116 cm³/mol.